The Bertz CT molecular complexity index is 2430. The molecule has 1 atom stereocenters. The fourth-order valence-corrected chi connectivity index (χ4v) is 6.05. The molecule has 0 aliphatic rings. The summed E-state index contributed by atoms with van der Waals surface area (Å²) in [5, 5.41) is 32.5. The van der Waals surface area contributed by atoms with E-state index in [1.807, 2.05) is 31.2 Å². The van der Waals surface area contributed by atoms with Gasteiger partial charge < -0.3 is 19.5 Å². The van der Waals surface area contributed by atoms with Crippen LogP contribution in [0.3, 0.4) is 0 Å². The molecule has 0 saturated carbocycles. The summed E-state index contributed by atoms with van der Waals surface area (Å²) in [6.07, 6.45) is 0. The number of nitrogens with zero attached hydrogens (tertiary/aromatic N) is 6. The second-order valence-electron chi connectivity index (χ2n) is 11.0. The van der Waals surface area contributed by atoms with Crippen molar-refractivity contribution in [2.75, 3.05) is 11.5 Å². The van der Waals surface area contributed by atoms with Crippen molar-refractivity contribution in [3.8, 4) is 34.3 Å². The van der Waals surface area contributed by atoms with E-state index in [2.05, 4.69) is 30.6 Å². The summed E-state index contributed by atoms with van der Waals surface area (Å²) in [6.45, 7) is 5.38. The van der Waals surface area contributed by atoms with Gasteiger partial charge in [-0.05, 0) is 73.3 Å². The SMILES string of the molecule is CCS(=O)Oc1ccc(N=Nc2c(C)cc3cc(S(=O)(=O)O)c(N=Nc4ccccc4-c4nc(-c5ccc(C)cc5)no4)c(O)c3c2N)cc1. The number of phenols is 1. The molecule has 254 valence electrons. The molecule has 6 aromatic rings. The number of anilines is 1. The van der Waals surface area contributed by atoms with Gasteiger partial charge in [0.05, 0.1) is 33.8 Å². The molecule has 0 fully saturated rings. The third kappa shape index (κ3) is 7.12. The summed E-state index contributed by atoms with van der Waals surface area (Å²) in [6, 6.07) is 23.3. The predicted molar refractivity (Wildman–Crippen MR) is 189 cm³/mol. The van der Waals surface area contributed by atoms with Gasteiger partial charge >= 0.3 is 0 Å². The van der Waals surface area contributed by atoms with Crippen LogP contribution in [-0.4, -0.2) is 38.2 Å². The summed E-state index contributed by atoms with van der Waals surface area (Å²) >= 11 is -1.45. The van der Waals surface area contributed by atoms with E-state index in [0.29, 0.717) is 34.1 Å². The maximum Gasteiger partial charge on any atom is 0.296 e. The van der Waals surface area contributed by atoms with E-state index >= 15 is 0 Å². The van der Waals surface area contributed by atoms with Crippen LogP contribution in [0.15, 0.2) is 115 Å². The summed E-state index contributed by atoms with van der Waals surface area (Å²) in [5.74, 6) is 0.559. The molecule has 0 saturated heterocycles. The Hall–Kier alpha value is -5.84. The number of rotatable bonds is 10. The lowest BCUT2D eigenvalue weighted by atomic mass is 10.0. The zero-order chi connectivity index (χ0) is 35.6. The van der Waals surface area contributed by atoms with Crippen LogP contribution >= 0.6 is 0 Å². The molecule has 14 nitrogen and oxygen atoms in total. The molecule has 16 heteroatoms. The van der Waals surface area contributed by atoms with Gasteiger partial charge in [-0.15, -0.1) is 15.3 Å². The molecule has 6 rings (SSSR count). The van der Waals surface area contributed by atoms with Crippen LogP contribution in [0.1, 0.15) is 18.1 Å². The average molecular weight is 712 g/mol. The van der Waals surface area contributed by atoms with Gasteiger partial charge in [0.2, 0.25) is 16.9 Å². The van der Waals surface area contributed by atoms with E-state index in [0.717, 1.165) is 17.2 Å². The van der Waals surface area contributed by atoms with Gasteiger partial charge in [-0.1, -0.05) is 54.0 Å². The third-order valence-corrected chi connectivity index (χ3v) is 9.19. The highest BCUT2D eigenvalue weighted by atomic mass is 32.2. The topological polar surface area (TPSA) is 215 Å². The monoisotopic (exact) mass is 711 g/mol. The maximum absolute atomic E-state index is 12.5. The largest absolute Gasteiger partial charge is 0.505 e. The van der Waals surface area contributed by atoms with E-state index in [4.69, 9.17) is 14.4 Å². The molecule has 1 aromatic heterocycles. The third-order valence-electron chi connectivity index (χ3n) is 7.47. The van der Waals surface area contributed by atoms with Gasteiger partial charge in [-0.25, -0.2) is 4.21 Å². The summed E-state index contributed by atoms with van der Waals surface area (Å²) in [7, 11) is -4.91. The molecule has 0 bridgehead atoms. The standard InChI is InChI=1S/C34H29N7O7S2/c1-4-49(43)48-24-15-13-23(14-16-24)37-39-30-20(3)17-22-18-27(50(44,45)46)31(32(42)28(22)29(30)35)40-38-26-8-6-5-7-25(26)34-36-33(41-47-34)21-11-9-19(2)10-12-21/h5-18,42H,4,35H2,1-3H3,(H,44,45,46). The van der Waals surface area contributed by atoms with E-state index in [9.17, 15) is 22.3 Å². The lowest BCUT2D eigenvalue weighted by molar-refractivity contribution is 0.432. The fraction of sp³-hybridized carbons (Fsp3) is 0.118. The minimum Gasteiger partial charge on any atom is -0.505 e. The number of aromatic hydroxyl groups is 1. The predicted octanol–water partition coefficient (Wildman–Crippen LogP) is 8.60. The quantitative estimate of drug-likeness (QED) is 0.0698. The fourth-order valence-electron chi connectivity index (χ4n) is 4.95. The first-order valence-corrected chi connectivity index (χ1v) is 17.7. The van der Waals surface area contributed by atoms with Crippen molar-refractivity contribution in [1.82, 2.24) is 10.1 Å². The van der Waals surface area contributed by atoms with Crippen molar-refractivity contribution in [1.29, 1.82) is 0 Å². The van der Waals surface area contributed by atoms with E-state index in [1.165, 1.54) is 0 Å². The maximum atomic E-state index is 12.5. The number of benzene rings is 5. The van der Waals surface area contributed by atoms with Crippen molar-refractivity contribution in [3.63, 3.8) is 0 Å². The Morgan fingerprint density at radius 3 is 2.32 bits per heavy atom. The molecule has 5 aromatic carbocycles. The number of nitrogens with two attached hydrogens (primary N) is 1. The van der Waals surface area contributed by atoms with Crippen LogP contribution in [0.4, 0.5) is 28.4 Å². The molecule has 1 heterocycles. The Kier molecular flexibility index (Phi) is 9.50. The molecule has 0 spiro atoms. The number of hydrogen-bond acceptors (Lipinski definition) is 13. The molecule has 0 amide bonds. The summed E-state index contributed by atoms with van der Waals surface area (Å²) in [4.78, 5) is 3.79. The molecule has 4 N–H and O–H groups in total. The van der Waals surface area contributed by atoms with Crippen molar-refractivity contribution >= 4 is 60.4 Å². The highest BCUT2D eigenvalue weighted by Gasteiger charge is 2.25. The first-order chi connectivity index (χ1) is 23.9. The van der Waals surface area contributed by atoms with Gasteiger partial charge in [0.15, 0.2) is 5.75 Å². The van der Waals surface area contributed by atoms with Crippen molar-refractivity contribution in [3.05, 3.63) is 96.1 Å². The molecule has 50 heavy (non-hydrogen) atoms. The molecular formula is C34H29N7O7S2. The lowest BCUT2D eigenvalue weighted by Crippen LogP contribution is -2.01. The number of azo groups is 2. The van der Waals surface area contributed by atoms with Gasteiger partial charge in [0.25, 0.3) is 16.0 Å². The molecule has 0 aliphatic carbocycles. The van der Waals surface area contributed by atoms with E-state index < -0.39 is 37.5 Å². The van der Waals surface area contributed by atoms with Crippen LogP contribution in [0.25, 0.3) is 33.6 Å². The zero-order valence-corrected chi connectivity index (χ0v) is 28.4. The van der Waals surface area contributed by atoms with Gasteiger partial charge in [0, 0.05) is 5.56 Å². The van der Waals surface area contributed by atoms with E-state index in [1.54, 1.807) is 68.4 Å². The smallest absolute Gasteiger partial charge is 0.296 e. The van der Waals surface area contributed by atoms with Gasteiger partial charge in [-0.3, -0.25) is 4.55 Å². The molecule has 1 unspecified atom stereocenters. The first-order valence-electron chi connectivity index (χ1n) is 15.0. The number of phenolic OH excluding ortho intramolecular Hbond substituents is 1. The van der Waals surface area contributed by atoms with Crippen LogP contribution in [-0.2, 0) is 21.2 Å². The average Bonchev–Trinajstić information content (AvgIpc) is 3.58. The molecular weight excluding hydrogens is 683 g/mol. The minimum atomic E-state index is -4.91. The number of fused-ring (bicyclic) bond motifs is 1. The van der Waals surface area contributed by atoms with Crippen molar-refractivity contribution in [2.45, 2.75) is 25.7 Å². The Morgan fingerprint density at radius 2 is 1.62 bits per heavy atom. The summed E-state index contributed by atoms with van der Waals surface area (Å²) in [5.41, 5.74) is 9.46. The zero-order valence-electron chi connectivity index (χ0n) is 26.8. The van der Waals surface area contributed by atoms with E-state index in [-0.39, 0.29) is 33.7 Å². The lowest BCUT2D eigenvalue weighted by Gasteiger charge is -2.13. The Balaban J connectivity index is 1.39. The normalized spacial score (nSPS) is 12.6. The summed E-state index contributed by atoms with van der Waals surface area (Å²) < 4.78 is 57.6. The molecule has 0 radical (unpaired) electrons. The number of aromatic nitrogens is 2. The minimum absolute atomic E-state index is 0.0182. The molecule has 0 aliphatic heterocycles. The van der Waals surface area contributed by atoms with Gasteiger partial charge in [0.1, 0.15) is 22.0 Å². The highest BCUT2D eigenvalue weighted by molar-refractivity contribution is 7.86. The van der Waals surface area contributed by atoms with Gasteiger partial charge in [-0.2, -0.15) is 18.5 Å². The van der Waals surface area contributed by atoms with Crippen molar-refractivity contribution in [2.24, 2.45) is 20.5 Å². The van der Waals surface area contributed by atoms with Crippen LogP contribution in [0, 0.1) is 13.8 Å². The van der Waals surface area contributed by atoms with Crippen molar-refractivity contribution < 1.29 is 31.0 Å². The number of aryl methyl sites for hydroxylation is 2. The second-order valence-corrected chi connectivity index (χ2v) is 13.7. The van der Waals surface area contributed by atoms with Crippen LogP contribution in [0.2, 0.25) is 0 Å². The Labute approximate surface area is 288 Å². The number of nitrogen functional groups attached to an aromatic ring is 1. The second kappa shape index (κ2) is 13.9. The first kappa shape index (κ1) is 34.0. The van der Waals surface area contributed by atoms with Crippen LogP contribution < -0.4 is 9.92 Å². The van der Waals surface area contributed by atoms with Crippen LogP contribution in [0.5, 0.6) is 11.5 Å². The highest BCUT2D eigenvalue weighted by Crippen LogP contribution is 2.47. The number of hydrogen-bond donors (Lipinski definition) is 3. The Morgan fingerprint density at radius 1 is 0.920 bits per heavy atom.